The predicted octanol–water partition coefficient (Wildman–Crippen LogP) is 4.75. The maximum atomic E-state index is 12.0. The van der Waals surface area contributed by atoms with Crippen molar-refractivity contribution in [1.29, 1.82) is 0 Å². The Kier molecular flexibility index (Phi) is 4.59. The molecule has 0 atom stereocenters. The van der Waals surface area contributed by atoms with Gasteiger partial charge in [0.25, 0.3) is 0 Å². The van der Waals surface area contributed by atoms with Gasteiger partial charge in [0.2, 0.25) is 0 Å². The van der Waals surface area contributed by atoms with Gasteiger partial charge in [-0.15, -0.1) is 0 Å². The second kappa shape index (κ2) is 5.98. The molecule has 0 spiro atoms. The summed E-state index contributed by atoms with van der Waals surface area (Å²) in [7, 11) is 0. The van der Waals surface area contributed by atoms with E-state index in [0.717, 1.165) is 3.92 Å². The lowest BCUT2D eigenvalue weighted by molar-refractivity contribution is -0.0498. The molecule has 0 unspecified atom stereocenters. The van der Waals surface area contributed by atoms with Gasteiger partial charge in [-0.05, 0) is 49.3 Å². The molecule has 1 aromatic rings. The molecule has 0 saturated heterocycles. The van der Waals surface area contributed by atoms with Crippen LogP contribution in [0.4, 0.5) is 8.78 Å². The first-order valence-corrected chi connectivity index (χ1v) is 7.08. The molecular formula is C13H15F2IO. The van der Waals surface area contributed by atoms with E-state index in [-0.39, 0.29) is 5.75 Å². The molecule has 1 aliphatic rings. The number of ether oxygens (including phenoxy) is 1. The lowest BCUT2D eigenvalue weighted by Gasteiger charge is -2.25. The van der Waals surface area contributed by atoms with Crippen LogP contribution in [0.3, 0.4) is 0 Å². The minimum atomic E-state index is -2.74. The van der Waals surface area contributed by atoms with Crippen molar-refractivity contribution >= 4 is 22.6 Å². The maximum Gasteiger partial charge on any atom is 0.387 e. The van der Waals surface area contributed by atoms with Crippen LogP contribution in [-0.2, 0) is 0 Å². The van der Waals surface area contributed by atoms with E-state index in [1.807, 2.05) is 12.1 Å². The largest absolute Gasteiger partial charge is 0.435 e. The summed E-state index contributed by atoms with van der Waals surface area (Å²) in [6, 6.07) is 7.10. The number of rotatable bonds is 3. The molecule has 0 bridgehead atoms. The Morgan fingerprint density at radius 3 is 2.18 bits per heavy atom. The summed E-state index contributed by atoms with van der Waals surface area (Å²) >= 11 is 2.50. The molecule has 1 nitrogen and oxygen atoms in total. The highest BCUT2D eigenvalue weighted by Gasteiger charge is 2.20. The quantitative estimate of drug-likeness (QED) is 0.564. The summed E-state index contributed by atoms with van der Waals surface area (Å²) in [4.78, 5) is 0. The predicted molar refractivity (Wildman–Crippen MR) is 72.1 cm³/mol. The van der Waals surface area contributed by atoms with E-state index in [2.05, 4.69) is 27.3 Å². The Balaban J connectivity index is 1.97. The van der Waals surface area contributed by atoms with Crippen molar-refractivity contribution < 1.29 is 13.5 Å². The van der Waals surface area contributed by atoms with Gasteiger partial charge in [0.15, 0.2) is 0 Å². The first kappa shape index (κ1) is 13.1. The van der Waals surface area contributed by atoms with E-state index in [4.69, 9.17) is 0 Å². The van der Waals surface area contributed by atoms with Crippen molar-refractivity contribution in [3.63, 3.8) is 0 Å². The van der Waals surface area contributed by atoms with E-state index < -0.39 is 6.61 Å². The van der Waals surface area contributed by atoms with E-state index in [1.54, 1.807) is 12.1 Å². The number of hydrogen-bond acceptors (Lipinski definition) is 1. The van der Waals surface area contributed by atoms with Crippen LogP contribution in [0.25, 0.3) is 0 Å². The fourth-order valence-electron chi connectivity index (χ4n) is 2.31. The summed E-state index contributed by atoms with van der Waals surface area (Å²) in [5.41, 5.74) is 1.25. The summed E-state index contributed by atoms with van der Waals surface area (Å²) < 4.78 is 29.1. The Bertz CT molecular complexity index is 345. The molecule has 1 fully saturated rings. The Morgan fingerprint density at radius 2 is 1.65 bits per heavy atom. The summed E-state index contributed by atoms with van der Waals surface area (Å²) in [5, 5.41) is 0. The van der Waals surface area contributed by atoms with Crippen LogP contribution in [0.15, 0.2) is 24.3 Å². The highest BCUT2D eigenvalue weighted by Crippen LogP contribution is 2.36. The molecular weight excluding hydrogens is 337 g/mol. The van der Waals surface area contributed by atoms with Crippen molar-refractivity contribution in [2.75, 3.05) is 0 Å². The first-order chi connectivity index (χ1) is 8.15. The van der Waals surface area contributed by atoms with E-state index in [9.17, 15) is 8.78 Å². The molecule has 17 heavy (non-hydrogen) atoms. The van der Waals surface area contributed by atoms with E-state index in [0.29, 0.717) is 5.92 Å². The van der Waals surface area contributed by atoms with Gasteiger partial charge in [-0.2, -0.15) is 8.78 Å². The zero-order valence-corrected chi connectivity index (χ0v) is 11.6. The molecule has 0 aliphatic heterocycles. The Morgan fingerprint density at radius 1 is 1.06 bits per heavy atom. The van der Waals surface area contributed by atoms with Gasteiger partial charge in [-0.25, -0.2) is 0 Å². The van der Waals surface area contributed by atoms with Gasteiger partial charge in [0.05, 0.1) is 0 Å². The number of hydrogen-bond donors (Lipinski definition) is 0. The van der Waals surface area contributed by atoms with Gasteiger partial charge in [-0.1, -0.05) is 34.7 Å². The van der Waals surface area contributed by atoms with Crippen molar-refractivity contribution in [3.05, 3.63) is 29.8 Å². The van der Waals surface area contributed by atoms with Gasteiger partial charge < -0.3 is 4.74 Å². The lowest BCUT2D eigenvalue weighted by atomic mass is 9.84. The summed E-state index contributed by atoms with van der Waals surface area (Å²) in [5.74, 6) is 0.827. The van der Waals surface area contributed by atoms with Crippen molar-refractivity contribution in [1.82, 2.24) is 0 Å². The second-order valence-corrected chi connectivity index (χ2v) is 6.16. The first-order valence-electron chi connectivity index (χ1n) is 5.84. The molecule has 2 rings (SSSR count). The lowest BCUT2D eigenvalue weighted by Crippen LogP contribution is -2.12. The highest BCUT2D eigenvalue weighted by atomic mass is 127. The molecule has 0 aromatic heterocycles. The standard InChI is InChI=1S/C13H15F2IO/c14-13(15)17-12-7-3-10(4-8-12)9-1-5-11(16)6-2-9/h3-4,7-9,11,13H,1-2,5-6H2. The van der Waals surface area contributed by atoms with Crippen LogP contribution in [0.5, 0.6) is 5.75 Å². The average Bonchev–Trinajstić information content (AvgIpc) is 2.30. The van der Waals surface area contributed by atoms with Crippen LogP contribution in [-0.4, -0.2) is 10.5 Å². The molecule has 4 heteroatoms. The van der Waals surface area contributed by atoms with Crippen LogP contribution < -0.4 is 4.74 Å². The van der Waals surface area contributed by atoms with E-state index in [1.165, 1.54) is 31.2 Å². The fourth-order valence-corrected chi connectivity index (χ4v) is 3.03. The van der Waals surface area contributed by atoms with Crippen LogP contribution in [0.2, 0.25) is 0 Å². The van der Waals surface area contributed by atoms with Gasteiger partial charge in [0, 0.05) is 3.92 Å². The third-order valence-electron chi connectivity index (χ3n) is 3.23. The molecule has 0 radical (unpaired) electrons. The molecule has 94 valence electrons. The highest BCUT2D eigenvalue weighted by molar-refractivity contribution is 14.1. The monoisotopic (exact) mass is 352 g/mol. The smallest absolute Gasteiger partial charge is 0.387 e. The SMILES string of the molecule is FC(F)Oc1ccc(C2CCC(I)CC2)cc1. The molecule has 0 heterocycles. The maximum absolute atomic E-state index is 12.0. The van der Waals surface area contributed by atoms with Gasteiger partial charge in [0.1, 0.15) is 5.75 Å². The summed E-state index contributed by atoms with van der Waals surface area (Å²) in [6.45, 7) is -2.74. The Hall–Kier alpha value is -0.390. The Labute approximate surface area is 114 Å². The van der Waals surface area contributed by atoms with E-state index >= 15 is 0 Å². The normalized spacial score (nSPS) is 24.9. The van der Waals surface area contributed by atoms with Crippen LogP contribution in [0.1, 0.15) is 37.2 Å². The topological polar surface area (TPSA) is 9.23 Å². The van der Waals surface area contributed by atoms with Crippen molar-refractivity contribution in [2.24, 2.45) is 0 Å². The van der Waals surface area contributed by atoms with Crippen molar-refractivity contribution in [2.45, 2.75) is 42.1 Å². The molecule has 0 N–H and O–H groups in total. The minimum Gasteiger partial charge on any atom is -0.435 e. The number of halogens is 3. The zero-order chi connectivity index (χ0) is 12.3. The third-order valence-corrected chi connectivity index (χ3v) is 4.48. The molecule has 1 aliphatic carbocycles. The summed E-state index contributed by atoms with van der Waals surface area (Å²) in [6.07, 6.45) is 4.90. The minimum absolute atomic E-state index is 0.242. The van der Waals surface area contributed by atoms with Crippen LogP contribution >= 0.6 is 22.6 Å². The van der Waals surface area contributed by atoms with Gasteiger partial charge >= 0.3 is 6.61 Å². The molecule has 1 aromatic carbocycles. The molecule has 1 saturated carbocycles. The number of alkyl halides is 3. The second-order valence-electron chi connectivity index (χ2n) is 4.40. The van der Waals surface area contributed by atoms with Crippen LogP contribution in [0, 0.1) is 0 Å². The number of benzene rings is 1. The van der Waals surface area contributed by atoms with Crippen molar-refractivity contribution in [3.8, 4) is 5.75 Å². The average molecular weight is 352 g/mol. The fraction of sp³-hybridized carbons (Fsp3) is 0.538. The zero-order valence-electron chi connectivity index (χ0n) is 9.41. The van der Waals surface area contributed by atoms with Gasteiger partial charge in [-0.3, -0.25) is 0 Å². The third kappa shape index (κ3) is 3.79. The molecule has 0 amide bonds.